The lowest BCUT2D eigenvalue weighted by molar-refractivity contribution is -0.138. The van der Waals surface area contributed by atoms with E-state index in [1.165, 1.54) is 64.2 Å². The molecule has 0 aliphatic carbocycles. The summed E-state index contributed by atoms with van der Waals surface area (Å²) >= 11 is 0. The number of ether oxygens (including phenoxy) is 2. The summed E-state index contributed by atoms with van der Waals surface area (Å²) in [6, 6.07) is 0. The molecule has 0 aromatic heterocycles. The number of carbonyl (C=O) groups is 2. The van der Waals surface area contributed by atoms with Gasteiger partial charge in [0.05, 0.1) is 13.2 Å². The Kier molecular flexibility index (Phi) is 18.7. The van der Waals surface area contributed by atoms with E-state index in [0.717, 1.165) is 25.7 Å². The van der Waals surface area contributed by atoms with E-state index in [0.29, 0.717) is 13.2 Å². The average Bonchev–Trinajstić information content (AvgIpc) is 2.64. The summed E-state index contributed by atoms with van der Waals surface area (Å²) in [4.78, 5) is 22.8. The lowest BCUT2D eigenvalue weighted by Crippen LogP contribution is -2.06. The van der Waals surface area contributed by atoms with Crippen LogP contribution in [0.5, 0.6) is 0 Å². The minimum absolute atomic E-state index is 0.369. The van der Waals surface area contributed by atoms with Crippen LogP contribution in [0.2, 0.25) is 0 Å². The zero-order valence-electron chi connectivity index (χ0n) is 16.9. The van der Waals surface area contributed by atoms with Crippen molar-refractivity contribution in [3.05, 3.63) is 0 Å². The van der Waals surface area contributed by atoms with Crippen molar-refractivity contribution in [1.82, 2.24) is 0 Å². The predicted octanol–water partition coefficient (Wildman–Crippen LogP) is 5.58. The molecule has 26 heavy (non-hydrogen) atoms. The van der Waals surface area contributed by atoms with Crippen LogP contribution in [0.25, 0.3) is 0 Å². The molecule has 4 heteroatoms. The molecule has 0 N–H and O–H groups in total. The van der Waals surface area contributed by atoms with E-state index in [9.17, 15) is 9.59 Å². The second-order valence-electron chi connectivity index (χ2n) is 6.76. The highest BCUT2D eigenvalue weighted by molar-refractivity contribution is 5.98. The van der Waals surface area contributed by atoms with E-state index in [1.807, 2.05) is 0 Å². The number of rotatable bonds is 16. The highest BCUT2D eigenvalue weighted by Gasteiger charge is 2.01. The topological polar surface area (TPSA) is 52.6 Å². The van der Waals surface area contributed by atoms with Gasteiger partial charge in [-0.25, -0.2) is 9.59 Å². The summed E-state index contributed by atoms with van der Waals surface area (Å²) in [5.41, 5.74) is 0. The highest BCUT2D eigenvalue weighted by Crippen LogP contribution is 2.07. The van der Waals surface area contributed by atoms with Gasteiger partial charge in [0.15, 0.2) is 0 Å². The van der Waals surface area contributed by atoms with Gasteiger partial charge in [0.1, 0.15) is 0 Å². The Morgan fingerprint density at radius 3 is 1.19 bits per heavy atom. The number of unbranched alkanes of at least 4 members (excludes halogenated alkanes) is 12. The first kappa shape index (κ1) is 24.5. The van der Waals surface area contributed by atoms with Crippen molar-refractivity contribution in [1.29, 1.82) is 0 Å². The molecule has 0 aliphatic heterocycles. The molecular weight excluding hydrogens is 328 g/mol. The summed E-state index contributed by atoms with van der Waals surface area (Å²) in [7, 11) is 0. The van der Waals surface area contributed by atoms with Crippen molar-refractivity contribution in [3.8, 4) is 11.8 Å². The molecule has 0 radical (unpaired) electrons. The Bertz CT molecular complexity index is 370. The maximum atomic E-state index is 11.4. The maximum Gasteiger partial charge on any atom is 0.384 e. The van der Waals surface area contributed by atoms with Crippen LogP contribution in [-0.4, -0.2) is 25.2 Å². The third-order valence-corrected chi connectivity index (χ3v) is 4.23. The van der Waals surface area contributed by atoms with Crippen LogP contribution in [0.1, 0.15) is 104 Å². The van der Waals surface area contributed by atoms with Crippen molar-refractivity contribution in [2.45, 2.75) is 104 Å². The van der Waals surface area contributed by atoms with Gasteiger partial charge in [-0.05, 0) is 12.8 Å². The van der Waals surface area contributed by atoms with E-state index >= 15 is 0 Å². The molecule has 150 valence electrons. The van der Waals surface area contributed by atoms with Crippen molar-refractivity contribution < 1.29 is 19.1 Å². The summed E-state index contributed by atoms with van der Waals surface area (Å²) in [6.07, 6.45) is 16.3. The van der Waals surface area contributed by atoms with Gasteiger partial charge < -0.3 is 9.47 Å². The third kappa shape index (κ3) is 18.8. The van der Waals surface area contributed by atoms with Gasteiger partial charge in [-0.1, -0.05) is 90.9 Å². The standard InChI is InChI=1S/C22H38O4/c1-3-5-7-9-11-13-15-19-25-21(23)17-18-22(24)26-20-16-14-12-10-8-6-4-2/h3-16,19-20H2,1-2H3. The van der Waals surface area contributed by atoms with E-state index in [1.54, 1.807) is 0 Å². The predicted molar refractivity (Wildman–Crippen MR) is 106 cm³/mol. The second kappa shape index (κ2) is 19.8. The molecule has 0 aromatic rings. The maximum absolute atomic E-state index is 11.4. The molecule has 0 rings (SSSR count). The van der Waals surface area contributed by atoms with Gasteiger partial charge in [0.2, 0.25) is 0 Å². The van der Waals surface area contributed by atoms with Gasteiger partial charge in [0, 0.05) is 11.8 Å². The SMILES string of the molecule is CCCCCCCCCOC(=O)C#CC(=O)OCCCCCCCCC. The Balaban J connectivity index is 3.50. The molecule has 0 unspecified atom stereocenters. The number of hydrogen-bond acceptors (Lipinski definition) is 4. The summed E-state index contributed by atoms with van der Waals surface area (Å²) in [6.45, 7) is 5.14. The molecule has 0 aliphatic rings. The van der Waals surface area contributed by atoms with Crippen LogP contribution in [0, 0.1) is 11.8 Å². The molecule has 0 amide bonds. The first-order valence-electron chi connectivity index (χ1n) is 10.6. The Labute approximate surface area is 160 Å². The molecule has 0 bridgehead atoms. The van der Waals surface area contributed by atoms with Crippen molar-refractivity contribution in [2.75, 3.05) is 13.2 Å². The molecule has 0 aromatic carbocycles. The lowest BCUT2D eigenvalue weighted by Gasteiger charge is -2.02. The van der Waals surface area contributed by atoms with Crippen molar-refractivity contribution in [3.63, 3.8) is 0 Å². The van der Waals surface area contributed by atoms with Crippen molar-refractivity contribution >= 4 is 11.9 Å². The van der Waals surface area contributed by atoms with Gasteiger partial charge in [-0.2, -0.15) is 0 Å². The zero-order valence-corrected chi connectivity index (χ0v) is 16.9. The fourth-order valence-electron chi connectivity index (χ4n) is 2.62. The summed E-state index contributed by atoms with van der Waals surface area (Å²) in [5.74, 6) is 3.08. The van der Waals surface area contributed by atoms with E-state index in [2.05, 4.69) is 25.7 Å². The second-order valence-corrected chi connectivity index (χ2v) is 6.76. The van der Waals surface area contributed by atoms with Gasteiger partial charge in [0.25, 0.3) is 0 Å². The summed E-state index contributed by atoms with van der Waals surface area (Å²) in [5, 5.41) is 0. The average molecular weight is 367 g/mol. The molecule has 0 saturated heterocycles. The van der Waals surface area contributed by atoms with E-state index < -0.39 is 11.9 Å². The van der Waals surface area contributed by atoms with Crippen LogP contribution >= 0.6 is 0 Å². The fraction of sp³-hybridized carbons (Fsp3) is 0.818. The molecule has 0 atom stereocenters. The molecule has 0 saturated carbocycles. The normalized spacial score (nSPS) is 10.1. The first-order valence-corrected chi connectivity index (χ1v) is 10.6. The number of hydrogen-bond donors (Lipinski definition) is 0. The Morgan fingerprint density at radius 2 is 0.846 bits per heavy atom. The molecule has 4 nitrogen and oxygen atoms in total. The van der Waals surface area contributed by atoms with Gasteiger partial charge >= 0.3 is 11.9 Å². The van der Waals surface area contributed by atoms with Gasteiger partial charge in [-0.3, -0.25) is 0 Å². The molecular formula is C22H38O4. The van der Waals surface area contributed by atoms with Crippen LogP contribution in [0.4, 0.5) is 0 Å². The van der Waals surface area contributed by atoms with Crippen molar-refractivity contribution in [2.24, 2.45) is 0 Å². The lowest BCUT2D eigenvalue weighted by atomic mass is 10.1. The van der Waals surface area contributed by atoms with E-state index in [-0.39, 0.29) is 0 Å². The summed E-state index contributed by atoms with van der Waals surface area (Å²) < 4.78 is 9.98. The Morgan fingerprint density at radius 1 is 0.538 bits per heavy atom. The highest BCUT2D eigenvalue weighted by atomic mass is 16.5. The number of esters is 2. The largest absolute Gasteiger partial charge is 0.456 e. The molecule has 0 fully saturated rings. The monoisotopic (exact) mass is 366 g/mol. The zero-order chi connectivity index (χ0) is 19.3. The van der Waals surface area contributed by atoms with Crippen LogP contribution in [0.3, 0.4) is 0 Å². The third-order valence-electron chi connectivity index (χ3n) is 4.23. The smallest absolute Gasteiger partial charge is 0.384 e. The quantitative estimate of drug-likeness (QED) is 0.155. The van der Waals surface area contributed by atoms with Crippen LogP contribution < -0.4 is 0 Å². The van der Waals surface area contributed by atoms with Gasteiger partial charge in [-0.15, -0.1) is 0 Å². The minimum Gasteiger partial charge on any atom is -0.456 e. The Hall–Kier alpha value is -1.50. The van der Waals surface area contributed by atoms with Crippen LogP contribution in [0.15, 0.2) is 0 Å². The molecule has 0 heterocycles. The minimum atomic E-state index is -0.649. The van der Waals surface area contributed by atoms with Crippen LogP contribution in [-0.2, 0) is 19.1 Å². The first-order chi connectivity index (χ1) is 12.7. The number of carbonyl (C=O) groups excluding carboxylic acids is 2. The fourth-order valence-corrected chi connectivity index (χ4v) is 2.62. The van der Waals surface area contributed by atoms with E-state index in [4.69, 9.17) is 9.47 Å². The molecule has 0 spiro atoms.